The number of para-hydroxylation sites is 4. The molecule has 10 aromatic rings. The first-order valence-corrected chi connectivity index (χ1v) is 19.0. The van der Waals surface area contributed by atoms with Crippen LogP contribution in [0.4, 0.5) is 17.1 Å². The van der Waals surface area contributed by atoms with E-state index in [-0.39, 0.29) is 0 Å². The molecule has 0 aliphatic carbocycles. The lowest BCUT2D eigenvalue weighted by molar-refractivity contribution is 0.477. The van der Waals surface area contributed by atoms with Gasteiger partial charge in [0.2, 0.25) is 0 Å². The van der Waals surface area contributed by atoms with E-state index in [1.807, 2.05) is 78.9 Å². The van der Waals surface area contributed by atoms with Crippen LogP contribution in [0.1, 0.15) is 0 Å². The second-order valence-corrected chi connectivity index (χ2v) is 14.1. The molecule has 57 heavy (non-hydrogen) atoms. The number of benzene rings is 8. The summed E-state index contributed by atoms with van der Waals surface area (Å²) in [6.45, 7) is 0. The van der Waals surface area contributed by atoms with Crippen molar-refractivity contribution in [3.05, 3.63) is 200 Å². The van der Waals surface area contributed by atoms with E-state index in [4.69, 9.17) is 19.7 Å². The van der Waals surface area contributed by atoms with Gasteiger partial charge < -0.3 is 14.2 Å². The van der Waals surface area contributed by atoms with Gasteiger partial charge in [0, 0.05) is 38.8 Å². The SMILES string of the molecule is c1ccc(-c2nc(-c3ccccc3)nc(-c3ccc(-n4c5ccccc5c5cc(-c6ccc7c(c6)Oc6ccccc6N7c6ccccc6)ccc54)cc3)n2)cc1. The molecule has 0 N–H and O–H groups in total. The maximum absolute atomic E-state index is 6.55. The van der Waals surface area contributed by atoms with Gasteiger partial charge in [-0.25, -0.2) is 15.0 Å². The lowest BCUT2D eigenvalue weighted by atomic mass is 10.0. The standard InChI is InChI=1S/C51H33N5O/c1-4-14-34(15-5-1)49-52-50(35-16-6-2-7-17-35)54-51(53-49)36-24-28-40(29-25-36)55-43-21-11-10-20-41(43)42-32-37(26-30-44(42)55)38-27-31-46-48(33-38)57-47-23-13-12-22-45(47)56(46)39-18-8-3-9-19-39/h1-33H. The number of ether oxygens (including phenoxy) is 1. The van der Waals surface area contributed by atoms with Gasteiger partial charge in [-0.3, -0.25) is 0 Å². The zero-order valence-corrected chi connectivity index (χ0v) is 30.7. The highest BCUT2D eigenvalue weighted by Crippen LogP contribution is 2.51. The van der Waals surface area contributed by atoms with Crippen LogP contribution in [-0.2, 0) is 0 Å². The van der Waals surface area contributed by atoms with Crippen molar-refractivity contribution in [2.24, 2.45) is 0 Å². The summed E-state index contributed by atoms with van der Waals surface area (Å²) >= 11 is 0. The molecule has 268 valence electrons. The summed E-state index contributed by atoms with van der Waals surface area (Å²) in [7, 11) is 0. The Labute approximate surface area is 329 Å². The maximum Gasteiger partial charge on any atom is 0.164 e. The Balaban J connectivity index is 0.980. The number of aromatic nitrogens is 4. The van der Waals surface area contributed by atoms with Crippen molar-refractivity contribution in [1.29, 1.82) is 0 Å². The molecule has 3 heterocycles. The molecule has 0 saturated carbocycles. The Hall–Kier alpha value is -7.83. The molecule has 0 bridgehead atoms. The van der Waals surface area contributed by atoms with Gasteiger partial charge in [0.1, 0.15) is 0 Å². The smallest absolute Gasteiger partial charge is 0.164 e. The van der Waals surface area contributed by atoms with Crippen molar-refractivity contribution >= 4 is 38.9 Å². The molecule has 0 radical (unpaired) electrons. The minimum Gasteiger partial charge on any atom is -0.453 e. The second-order valence-electron chi connectivity index (χ2n) is 14.1. The molecule has 2 aromatic heterocycles. The number of anilines is 3. The van der Waals surface area contributed by atoms with Crippen molar-refractivity contribution < 1.29 is 4.74 Å². The summed E-state index contributed by atoms with van der Waals surface area (Å²) in [5.74, 6) is 3.57. The van der Waals surface area contributed by atoms with Crippen LogP contribution >= 0.6 is 0 Å². The topological polar surface area (TPSA) is 56.1 Å². The van der Waals surface area contributed by atoms with Crippen molar-refractivity contribution in [2.75, 3.05) is 4.90 Å². The lowest BCUT2D eigenvalue weighted by Gasteiger charge is -2.33. The number of hydrogen-bond donors (Lipinski definition) is 0. The second kappa shape index (κ2) is 13.5. The van der Waals surface area contributed by atoms with E-state index in [9.17, 15) is 0 Å². The molecule has 1 aliphatic heterocycles. The fourth-order valence-electron chi connectivity index (χ4n) is 7.92. The molecule has 0 saturated heterocycles. The molecule has 0 fully saturated rings. The van der Waals surface area contributed by atoms with E-state index >= 15 is 0 Å². The number of hydrogen-bond acceptors (Lipinski definition) is 5. The van der Waals surface area contributed by atoms with Gasteiger partial charge in [0.05, 0.1) is 22.4 Å². The average molecular weight is 732 g/mol. The van der Waals surface area contributed by atoms with Crippen LogP contribution in [0.25, 0.3) is 72.8 Å². The minimum absolute atomic E-state index is 0.630. The molecule has 6 nitrogen and oxygen atoms in total. The van der Waals surface area contributed by atoms with Gasteiger partial charge in [-0.2, -0.15) is 0 Å². The highest BCUT2D eigenvalue weighted by molar-refractivity contribution is 6.10. The number of rotatable bonds is 6. The van der Waals surface area contributed by atoms with E-state index in [1.54, 1.807) is 0 Å². The van der Waals surface area contributed by atoms with Crippen LogP contribution in [0.3, 0.4) is 0 Å². The first-order valence-electron chi connectivity index (χ1n) is 19.0. The molecular formula is C51H33N5O. The Bertz CT molecular complexity index is 3030. The van der Waals surface area contributed by atoms with Crippen LogP contribution in [0.2, 0.25) is 0 Å². The fourth-order valence-corrected chi connectivity index (χ4v) is 7.92. The summed E-state index contributed by atoms with van der Waals surface area (Å²) < 4.78 is 8.89. The predicted molar refractivity (Wildman–Crippen MR) is 231 cm³/mol. The molecule has 0 unspecified atom stereocenters. The average Bonchev–Trinajstić information content (AvgIpc) is 3.62. The molecule has 11 rings (SSSR count). The molecule has 1 aliphatic rings. The zero-order valence-electron chi connectivity index (χ0n) is 30.7. The summed E-state index contributed by atoms with van der Waals surface area (Å²) in [4.78, 5) is 17.0. The largest absolute Gasteiger partial charge is 0.453 e. The zero-order chi connectivity index (χ0) is 37.7. The monoisotopic (exact) mass is 731 g/mol. The molecule has 0 atom stereocenters. The fraction of sp³-hybridized carbons (Fsp3) is 0. The van der Waals surface area contributed by atoms with Crippen LogP contribution in [-0.4, -0.2) is 19.5 Å². The van der Waals surface area contributed by atoms with Crippen molar-refractivity contribution in [1.82, 2.24) is 19.5 Å². The van der Waals surface area contributed by atoms with Gasteiger partial charge in [0.15, 0.2) is 29.0 Å². The van der Waals surface area contributed by atoms with E-state index in [1.165, 1.54) is 10.8 Å². The third-order valence-corrected chi connectivity index (χ3v) is 10.6. The third-order valence-electron chi connectivity index (χ3n) is 10.6. The molecule has 0 spiro atoms. The lowest BCUT2D eigenvalue weighted by Crippen LogP contribution is -2.15. The van der Waals surface area contributed by atoms with Gasteiger partial charge in [-0.05, 0) is 90.0 Å². The van der Waals surface area contributed by atoms with Crippen molar-refractivity contribution in [3.63, 3.8) is 0 Å². The summed E-state index contributed by atoms with van der Waals surface area (Å²) in [5, 5.41) is 2.37. The van der Waals surface area contributed by atoms with Gasteiger partial charge in [0.25, 0.3) is 0 Å². The summed E-state index contributed by atoms with van der Waals surface area (Å²) in [5.41, 5.74) is 11.5. The highest BCUT2D eigenvalue weighted by Gasteiger charge is 2.26. The van der Waals surface area contributed by atoms with Crippen LogP contribution < -0.4 is 9.64 Å². The summed E-state index contributed by atoms with van der Waals surface area (Å²) in [6.07, 6.45) is 0. The van der Waals surface area contributed by atoms with E-state index < -0.39 is 0 Å². The third kappa shape index (κ3) is 5.70. The van der Waals surface area contributed by atoms with Crippen LogP contribution in [0.15, 0.2) is 200 Å². The predicted octanol–water partition coefficient (Wildman–Crippen LogP) is 13.2. The van der Waals surface area contributed by atoms with Crippen LogP contribution in [0, 0.1) is 0 Å². The van der Waals surface area contributed by atoms with Crippen LogP contribution in [0.5, 0.6) is 11.5 Å². The van der Waals surface area contributed by atoms with E-state index in [0.717, 1.165) is 73.1 Å². The molecule has 8 aromatic carbocycles. The maximum atomic E-state index is 6.55. The van der Waals surface area contributed by atoms with Gasteiger partial charge in [-0.15, -0.1) is 0 Å². The molecule has 0 amide bonds. The summed E-state index contributed by atoms with van der Waals surface area (Å²) in [6, 6.07) is 69.2. The van der Waals surface area contributed by atoms with Gasteiger partial charge >= 0.3 is 0 Å². The normalized spacial score (nSPS) is 12.0. The first kappa shape index (κ1) is 32.6. The van der Waals surface area contributed by atoms with Crippen molar-refractivity contribution in [3.8, 4) is 62.5 Å². The Morgan fingerprint density at radius 1 is 0.333 bits per heavy atom. The van der Waals surface area contributed by atoms with Crippen molar-refractivity contribution in [2.45, 2.75) is 0 Å². The Morgan fingerprint density at radius 3 is 1.54 bits per heavy atom. The Kier molecular flexibility index (Phi) is 7.71. The molecule has 6 heteroatoms. The van der Waals surface area contributed by atoms with E-state index in [0.29, 0.717) is 17.5 Å². The number of fused-ring (bicyclic) bond motifs is 5. The molecular weight excluding hydrogens is 699 g/mol. The quantitative estimate of drug-likeness (QED) is 0.170. The Morgan fingerprint density at radius 2 is 0.842 bits per heavy atom. The van der Waals surface area contributed by atoms with Gasteiger partial charge in [-0.1, -0.05) is 121 Å². The first-order chi connectivity index (χ1) is 28.2. The van der Waals surface area contributed by atoms with E-state index in [2.05, 4.69) is 131 Å². The number of nitrogens with zero attached hydrogens (tertiary/aromatic N) is 5. The minimum atomic E-state index is 0.630. The highest BCUT2D eigenvalue weighted by atomic mass is 16.5.